The fraction of sp³-hybridized carbons (Fsp3) is 0.615. The van der Waals surface area contributed by atoms with Crippen molar-refractivity contribution in [2.24, 2.45) is 0 Å². The van der Waals surface area contributed by atoms with Crippen LogP contribution < -0.4 is 5.32 Å². The molecule has 106 valence electrons. The lowest BCUT2D eigenvalue weighted by Crippen LogP contribution is -2.33. The maximum atomic E-state index is 11.4. The van der Waals surface area contributed by atoms with E-state index >= 15 is 0 Å². The molecule has 0 aromatic carbocycles. The van der Waals surface area contributed by atoms with Crippen LogP contribution in [-0.2, 0) is 17.8 Å². The Morgan fingerprint density at radius 1 is 1.32 bits per heavy atom. The summed E-state index contributed by atoms with van der Waals surface area (Å²) >= 11 is 0. The molecule has 0 unspecified atom stereocenters. The van der Waals surface area contributed by atoms with Gasteiger partial charge in [-0.1, -0.05) is 0 Å². The van der Waals surface area contributed by atoms with Crippen molar-refractivity contribution in [3.05, 3.63) is 23.8 Å². The monoisotopic (exact) mass is 267 g/mol. The van der Waals surface area contributed by atoms with E-state index in [1.165, 1.54) is 0 Å². The Balaban J connectivity index is 2.21. The Labute approximate surface area is 113 Å². The van der Waals surface area contributed by atoms with Gasteiger partial charge in [-0.25, -0.2) is 4.79 Å². The van der Waals surface area contributed by atoms with E-state index in [0.29, 0.717) is 18.7 Å². The molecule has 0 saturated carbocycles. The first kappa shape index (κ1) is 15.4. The van der Waals surface area contributed by atoms with Crippen LogP contribution in [0.4, 0.5) is 4.79 Å². The number of carbonyl (C=O) groups excluding carboxylic acids is 1. The molecule has 19 heavy (non-hydrogen) atoms. The van der Waals surface area contributed by atoms with Gasteiger partial charge in [0, 0.05) is 12.7 Å². The summed E-state index contributed by atoms with van der Waals surface area (Å²) in [5.41, 5.74) is 0.911. The highest BCUT2D eigenvalue weighted by molar-refractivity contribution is 5.67. The molecule has 0 aliphatic carbocycles. The number of nitrogens with one attached hydrogen (secondary N) is 1. The van der Waals surface area contributed by atoms with Crippen LogP contribution in [0.5, 0.6) is 0 Å². The van der Waals surface area contributed by atoms with Crippen molar-refractivity contribution in [1.82, 2.24) is 15.3 Å². The fourth-order valence-corrected chi connectivity index (χ4v) is 1.37. The number of ether oxygens (including phenoxy) is 1. The van der Waals surface area contributed by atoms with Crippen molar-refractivity contribution in [1.29, 1.82) is 0 Å². The zero-order chi connectivity index (χ0) is 14.3. The maximum Gasteiger partial charge on any atom is 0.407 e. The summed E-state index contributed by atoms with van der Waals surface area (Å²) < 4.78 is 5.11. The lowest BCUT2D eigenvalue weighted by atomic mass is 10.2. The van der Waals surface area contributed by atoms with Crippen molar-refractivity contribution in [3.63, 3.8) is 0 Å². The van der Waals surface area contributed by atoms with E-state index in [1.54, 1.807) is 12.4 Å². The molecule has 1 heterocycles. The number of hydrogen-bond acceptors (Lipinski definition) is 5. The molecule has 2 N–H and O–H groups in total. The third kappa shape index (κ3) is 6.71. The predicted molar refractivity (Wildman–Crippen MR) is 70.5 cm³/mol. The van der Waals surface area contributed by atoms with Gasteiger partial charge in [-0.05, 0) is 33.6 Å². The highest BCUT2D eigenvalue weighted by atomic mass is 16.6. The van der Waals surface area contributed by atoms with Crippen LogP contribution in [0.2, 0.25) is 0 Å². The van der Waals surface area contributed by atoms with E-state index < -0.39 is 11.7 Å². The van der Waals surface area contributed by atoms with E-state index in [9.17, 15) is 4.79 Å². The minimum absolute atomic E-state index is 0.104. The summed E-state index contributed by atoms with van der Waals surface area (Å²) in [6.45, 7) is 5.90. The van der Waals surface area contributed by atoms with Gasteiger partial charge in [0.15, 0.2) is 0 Å². The minimum atomic E-state index is -0.477. The first-order chi connectivity index (χ1) is 8.90. The van der Waals surface area contributed by atoms with Gasteiger partial charge in [0.1, 0.15) is 5.60 Å². The highest BCUT2D eigenvalue weighted by Crippen LogP contribution is 2.06. The second kappa shape index (κ2) is 7.04. The topological polar surface area (TPSA) is 84.3 Å². The minimum Gasteiger partial charge on any atom is -0.444 e. The number of aliphatic hydroxyl groups excluding tert-OH is 1. The standard InChI is InChI=1S/C13H21N3O3/c1-13(2,3)19-12(18)14-6-4-5-10-7-16-11(9-17)8-15-10/h7-8,17H,4-6,9H2,1-3H3,(H,14,18). The average Bonchev–Trinajstić information content (AvgIpc) is 2.33. The van der Waals surface area contributed by atoms with Crippen molar-refractivity contribution in [2.75, 3.05) is 6.54 Å². The molecule has 0 atom stereocenters. The van der Waals surface area contributed by atoms with E-state index in [4.69, 9.17) is 9.84 Å². The molecule has 0 spiro atoms. The van der Waals surface area contributed by atoms with Crippen LogP contribution in [0.3, 0.4) is 0 Å². The van der Waals surface area contributed by atoms with Crippen molar-refractivity contribution in [2.45, 2.75) is 45.8 Å². The zero-order valence-corrected chi connectivity index (χ0v) is 11.6. The average molecular weight is 267 g/mol. The van der Waals surface area contributed by atoms with Crippen molar-refractivity contribution in [3.8, 4) is 0 Å². The first-order valence-electron chi connectivity index (χ1n) is 6.28. The molecule has 0 aliphatic heterocycles. The summed E-state index contributed by atoms with van der Waals surface area (Å²) in [6.07, 6.45) is 4.26. The van der Waals surface area contributed by atoms with E-state index in [2.05, 4.69) is 15.3 Å². The molecule has 1 rings (SSSR count). The number of rotatable bonds is 5. The summed E-state index contributed by atoms with van der Waals surface area (Å²) in [5, 5.41) is 11.5. The number of aliphatic hydroxyl groups is 1. The Hall–Kier alpha value is -1.69. The summed E-state index contributed by atoms with van der Waals surface area (Å²) in [5.74, 6) is 0. The SMILES string of the molecule is CC(C)(C)OC(=O)NCCCc1cnc(CO)cn1. The molecule has 0 bridgehead atoms. The Morgan fingerprint density at radius 2 is 1.95 bits per heavy atom. The van der Waals surface area contributed by atoms with Crippen molar-refractivity contribution >= 4 is 6.09 Å². The van der Waals surface area contributed by atoms with E-state index in [-0.39, 0.29) is 6.61 Å². The third-order valence-corrected chi connectivity index (χ3v) is 2.20. The second-order valence-corrected chi connectivity index (χ2v) is 5.19. The Morgan fingerprint density at radius 3 is 2.47 bits per heavy atom. The largest absolute Gasteiger partial charge is 0.444 e. The van der Waals surface area contributed by atoms with Crippen LogP contribution >= 0.6 is 0 Å². The molecule has 0 saturated heterocycles. The zero-order valence-electron chi connectivity index (χ0n) is 11.6. The summed E-state index contributed by atoms with van der Waals surface area (Å²) in [7, 11) is 0. The molecular weight excluding hydrogens is 246 g/mol. The molecule has 6 heteroatoms. The van der Waals surface area contributed by atoms with E-state index in [1.807, 2.05) is 20.8 Å². The molecule has 0 radical (unpaired) electrons. The van der Waals surface area contributed by atoms with Crippen LogP contribution in [0.15, 0.2) is 12.4 Å². The molecule has 1 amide bonds. The van der Waals surface area contributed by atoms with Gasteiger partial charge >= 0.3 is 6.09 Å². The first-order valence-corrected chi connectivity index (χ1v) is 6.28. The third-order valence-electron chi connectivity index (χ3n) is 2.20. The quantitative estimate of drug-likeness (QED) is 0.788. The Kier molecular flexibility index (Phi) is 5.69. The van der Waals surface area contributed by atoms with Crippen molar-refractivity contribution < 1.29 is 14.6 Å². The number of carbonyl (C=O) groups is 1. The maximum absolute atomic E-state index is 11.4. The summed E-state index contributed by atoms with van der Waals surface area (Å²) in [4.78, 5) is 19.6. The molecule has 0 aliphatic rings. The molecule has 6 nitrogen and oxygen atoms in total. The highest BCUT2D eigenvalue weighted by Gasteiger charge is 2.15. The lowest BCUT2D eigenvalue weighted by molar-refractivity contribution is 0.0527. The van der Waals surface area contributed by atoms with Gasteiger partial charge in [0.05, 0.1) is 24.2 Å². The van der Waals surface area contributed by atoms with Crippen LogP contribution in [0.25, 0.3) is 0 Å². The molecule has 1 aromatic heterocycles. The molecule has 1 aromatic rings. The smallest absolute Gasteiger partial charge is 0.407 e. The van der Waals surface area contributed by atoms with Gasteiger partial charge in [-0.15, -0.1) is 0 Å². The number of alkyl carbamates (subject to hydrolysis) is 1. The number of hydrogen-bond donors (Lipinski definition) is 2. The molecular formula is C13H21N3O3. The predicted octanol–water partition coefficient (Wildman–Crippen LogP) is 1.43. The van der Waals surface area contributed by atoms with Gasteiger partial charge in [0.25, 0.3) is 0 Å². The lowest BCUT2D eigenvalue weighted by Gasteiger charge is -2.19. The second-order valence-electron chi connectivity index (χ2n) is 5.19. The summed E-state index contributed by atoms with van der Waals surface area (Å²) in [6, 6.07) is 0. The van der Waals surface area contributed by atoms with Crippen LogP contribution in [0, 0.1) is 0 Å². The number of aromatic nitrogens is 2. The molecule has 0 fully saturated rings. The van der Waals surface area contributed by atoms with Gasteiger partial charge < -0.3 is 15.2 Å². The van der Waals surface area contributed by atoms with Crippen LogP contribution in [0.1, 0.15) is 38.6 Å². The number of amides is 1. The van der Waals surface area contributed by atoms with Gasteiger partial charge in [0.2, 0.25) is 0 Å². The van der Waals surface area contributed by atoms with Gasteiger partial charge in [-0.3, -0.25) is 9.97 Å². The number of nitrogens with zero attached hydrogens (tertiary/aromatic N) is 2. The fourth-order valence-electron chi connectivity index (χ4n) is 1.37. The van der Waals surface area contributed by atoms with Crippen LogP contribution in [-0.4, -0.2) is 33.3 Å². The Bertz CT molecular complexity index is 399. The normalized spacial score (nSPS) is 11.2. The van der Waals surface area contributed by atoms with E-state index in [0.717, 1.165) is 12.1 Å². The number of aryl methyl sites for hydroxylation is 1. The van der Waals surface area contributed by atoms with Gasteiger partial charge in [-0.2, -0.15) is 0 Å².